The first kappa shape index (κ1) is 13.0. The van der Waals surface area contributed by atoms with Crippen LogP contribution in [0.2, 0.25) is 0 Å². The summed E-state index contributed by atoms with van der Waals surface area (Å²) in [5.74, 6) is -1.50. The maximum absolute atomic E-state index is 11.0. The van der Waals surface area contributed by atoms with E-state index in [0.717, 1.165) is 0 Å². The van der Waals surface area contributed by atoms with E-state index < -0.39 is 12.0 Å². The summed E-state index contributed by atoms with van der Waals surface area (Å²) in [6, 6.07) is 3.35. The third kappa shape index (κ3) is 3.79. The molecule has 0 aliphatic rings. The Kier molecular flexibility index (Phi) is 4.09. The van der Waals surface area contributed by atoms with E-state index in [0.29, 0.717) is 11.3 Å². The molecule has 0 unspecified atom stereocenters. The summed E-state index contributed by atoms with van der Waals surface area (Å²) >= 11 is 0. The maximum atomic E-state index is 11.0. The fourth-order valence-electron chi connectivity index (χ4n) is 1.42. The first-order valence-corrected chi connectivity index (χ1v) is 5.15. The van der Waals surface area contributed by atoms with Gasteiger partial charge in [0.1, 0.15) is 0 Å². The molecule has 0 amide bonds. The van der Waals surface area contributed by atoms with Gasteiger partial charge in [-0.05, 0) is 31.5 Å². The summed E-state index contributed by atoms with van der Waals surface area (Å²) in [6.07, 6.45) is 0.175. The monoisotopic (exact) mass is 237 g/mol. The van der Waals surface area contributed by atoms with Gasteiger partial charge in [0.05, 0.1) is 0 Å². The number of aliphatic imine (C=N–C) groups is 1. The normalized spacial score (nSPS) is 11.9. The molecular weight excluding hydrogens is 222 g/mol. The molecule has 0 radical (unpaired) electrons. The van der Waals surface area contributed by atoms with Gasteiger partial charge in [0, 0.05) is 12.1 Å². The Morgan fingerprint density at radius 2 is 1.94 bits per heavy atom. The SMILES string of the molecule is CC(C)=N[C@@H](Cc1ccc(O)c(O)c1)C(=O)O. The molecule has 0 aliphatic heterocycles. The van der Waals surface area contributed by atoms with E-state index in [1.54, 1.807) is 19.9 Å². The summed E-state index contributed by atoms with van der Waals surface area (Å²) in [5, 5.41) is 27.4. The van der Waals surface area contributed by atoms with Gasteiger partial charge in [-0.3, -0.25) is 4.99 Å². The van der Waals surface area contributed by atoms with Crippen molar-refractivity contribution in [2.24, 2.45) is 4.99 Å². The summed E-state index contributed by atoms with van der Waals surface area (Å²) in [5.41, 5.74) is 1.29. The molecule has 5 nitrogen and oxygen atoms in total. The molecule has 0 spiro atoms. The quantitative estimate of drug-likeness (QED) is 0.547. The molecule has 1 aromatic carbocycles. The van der Waals surface area contributed by atoms with E-state index in [-0.39, 0.29) is 17.9 Å². The average Bonchev–Trinajstić information content (AvgIpc) is 2.21. The number of carbonyl (C=O) groups is 1. The Labute approximate surface area is 99.1 Å². The highest BCUT2D eigenvalue weighted by atomic mass is 16.4. The van der Waals surface area contributed by atoms with Crippen LogP contribution in [0.25, 0.3) is 0 Å². The molecular formula is C12H15NO4. The highest BCUT2D eigenvalue weighted by molar-refractivity contribution is 5.83. The van der Waals surface area contributed by atoms with E-state index in [1.807, 2.05) is 0 Å². The molecule has 0 saturated carbocycles. The van der Waals surface area contributed by atoms with Crippen molar-refractivity contribution in [1.29, 1.82) is 0 Å². The fourth-order valence-corrected chi connectivity index (χ4v) is 1.42. The van der Waals surface area contributed by atoms with Gasteiger partial charge in [-0.25, -0.2) is 4.79 Å². The number of benzene rings is 1. The van der Waals surface area contributed by atoms with Gasteiger partial charge in [0.2, 0.25) is 0 Å². The molecule has 0 bridgehead atoms. The molecule has 0 saturated heterocycles. The number of carboxylic acid groups (broad SMARTS) is 1. The minimum Gasteiger partial charge on any atom is -0.504 e. The van der Waals surface area contributed by atoms with Gasteiger partial charge < -0.3 is 15.3 Å². The summed E-state index contributed by atoms with van der Waals surface area (Å²) in [4.78, 5) is 15.0. The molecule has 1 rings (SSSR count). The predicted molar refractivity (Wildman–Crippen MR) is 63.7 cm³/mol. The van der Waals surface area contributed by atoms with E-state index in [9.17, 15) is 9.90 Å². The lowest BCUT2D eigenvalue weighted by atomic mass is 10.1. The lowest BCUT2D eigenvalue weighted by molar-refractivity contribution is -0.138. The van der Waals surface area contributed by atoms with Crippen molar-refractivity contribution in [3.05, 3.63) is 23.8 Å². The molecule has 1 atom stereocenters. The zero-order chi connectivity index (χ0) is 13.0. The zero-order valence-corrected chi connectivity index (χ0v) is 9.71. The molecule has 0 fully saturated rings. The third-order valence-corrected chi connectivity index (χ3v) is 2.17. The van der Waals surface area contributed by atoms with Crippen LogP contribution in [0, 0.1) is 0 Å². The number of carboxylic acids is 1. The van der Waals surface area contributed by atoms with E-state index in [1.165, 1.54) is 12.1 Å². The zero-order valence-electron chi connectivity index (χ0n) is 9.71. The first-order chi connectivity index (χ1) is 7.90. The van der Waals surface area contributed by atoms with Crippen molar-refractivity contribution in [2.45, 2.75) is 26.3 Å². The number of phenols is 2. The summed E-state index contributed by atoms with van der Waals surface area (Å²) in [6.45, 7) is 3.45. The van der Waals surface area contributed by atoms with E-state index in [4.69, 9.17) is 10.2 Å². The van der Waals surface area contributed by atoms with Crippen molar-refractivity contribution in [3.63, 3.8) is 0 Å². The number of aromatic hydroxyl groups is 2. The second-order valence-corrected chi connectivity index (χ2v) is 3.96. The molecule has 5 heteroatoms. The van der Waals surface area contributed by atoms with E-state index in [2.05, 4.69) is 4.99 Å². The van der Waals surface area contributed by atoms with Crippen LogP contribution in [0.3, 0.4) is 0 Å². The Morgan fingerprint density at radius 3 is 2.41 bits per heavy atom. The minimum atomic E-state index is -1.02. The van der Waals surface area contributed by atoms with Gasteiger partial charge >= 0.3 is 5.97 Å². The van der Waals surface area contributed by atoms with Crippen molar-refractivity contribution >= 4 is 11.7 Å². The Hall–Kier alpha value is -2.04. The molecule has 0 aliphatic carbocycles. The van der Waals surface area contributed by atoms with Crippen molar-refractivity contribution in [1.82, 2.24) is 0 Å². The fraction of sp³-hybridized carbons (Fsp3) is 0.333. The highest BCUT2D eigenvalue weighted by Gasteiger charge is 2.17. The largest absolute Gasteiger partial charge is 0.504 e. The van der Waals surface area contributed by atoms with Gasteiger partial charge in [-0.1, -0.05) is 6.07 Å². The lowest BCUT2D eigenvalue weighted by Crippen LogP contribution is -2.21. The molecule has 0 heterocycles. The average molecular weight is 237 g/mol. The topological polar surface area (TPSA) is 90.1 Å². The van der Waals surface area contributed by atoms with Gasteiger partial charge in [0.15, 0.2) is 17.5 Å². The van der Waals surface area contributed by atoms with Crippen LogP contribution in [-0.4, -0.2) is 33.0 Å². The maximum Gasteiger partial charge on any atom is 0.328 e. The van der Waals surface area contributed by atoms with Crippen LogP contribution in [0.15, 0.2) is 23.2 Å². The molecule has 1 aromatic rings. The molecule has 3 N–H and O–H groups in total. The number of nitrogens with zero attached hydrogens (tertiary/aromatic N) is 1. The lowest BCUT2D eigenvalue weighted by Gasteiger charge is -2.09. The Balaban J connectivity index is 2.90. The van der Waals surface area contributed by atoms with Crippen LogP contribution >= 0.6 is 0 Å². The highest BCUT2D eigenvalue weighted by Crippen LogP contribution is 2.25. The van der Waals surface area contributed by atoms with Crippen molar-refractivity contribution in [2.75, 3.05) is 0 Å². The number of hydrogen-bond donors (Lipinski definition) is 3. The standard InChI is InChI=1S/C12H15NO4/c1-7(2)13-9(12(16)17)5-8-3-4-10(14)11(15)6-8/h3-4,6,9,14-15H,5H2,1-2H3,(H,16,17)/t9-/m0/s1. The third-order valence-electron chi connectivity index (χ3n) is 2.17. The van der Waals surface area contributed by atoms with Gasteiger partial charge in [0.25, 0.3) is 0 Å². The van der Waals surface area contributed by atoms with Crippen LogP contribution < -0.4 is 0 Å². The van der Waals surface area contributed by atoms with E-state index >= 15 is 0 Å². The Morgan fingerprint density at radius 1 is 1.29 bits per heavy atom. The second-order valence-electron chi connectivity index (χ2n) is 3.96. The molecule has 0 aromatic heterocycles. The van der Waals surface area contributed by atoms with Crippen LogP contribution in [0.5, 0.6) is 11.5 Å². The number of hydrogen-bond acceptors (Lipinski definition) is 4. The second kappa shape index (κ2) is 5.34. The number of aliphatic carboxylic acids is 1. The van der Waals surface area contributed by atoms with Gasteiger partial charge in [-0.15, -0.1) is 0 Å². The predicted octanol–water partition coefficient (Wildman–Crippen LogP) is 1.57. The summed E-state index contributed by atoms with van der Waals surface area (Å²) in [7, 11) is 0. The number of phenolic OH excluding ortho intramolecular Hbond substituents is 2. The van der Waals surface area contributed by atoms with Crippen LogP contribution in [0.1, 0.15) is 19.4 Å². The Bertz CT molecular complexity index is 450. The minimum absolute atomic E-state index is 0.175. The molecule has 92 valence electrons. The van der Waals surface area contributed by atoms with Crippen molar-refractivity contribution in [3.8, 4) is 11.5 Å². The van der Waals surface area contributed by atoms with Crippen LogP contribution in [-0.2, 0) is 11.2 Å². The molecule has 17 heavy (non-hydrogen) atoms. The summed E-state index contributed by atoms with van der Waals surface area (Å²) < 4.78 is 0. The smallest absolute Gasteiger partial charge is 0.328 e. The van der Waals surface area contributed by atoms with Crippen LogP contribution in [0.4, 0.5) is 0 Å². The number of rotatable bonds is 4. The van der Waals surface area contributed by atoms with Gasteiger partial charge in [-0.2, -0.15) is 0 Å². The van der Waals surface area contributed by atoms with Crippen molar-refractivity contribution < 1.29 is 20.1 Å². The first-order valence-electron chi connectivity index (χ1n) is 5.15.